The molecule has 1 heterocycles. The summed E-state index contributed by atoms with van der Waals surface area (Å²) in [5, 5.41) is 3.07. The van der Waals surface area contributed by atoms with Gasteiger partial charge in [-0.15, -0.1) is 11.6 Å². The van der Waals surface area contributed by atoms with Crippen LogP contribution in [0.2, 0.25) is 0 Å². The Hall–Kier alpha value is -1.43. The molecule has 0 aromatic heterocycles. The highest BCUT2D eigenvalue weighted by molar-refractivity contribution is 6.27. The zero-order chi connectivity index (χ0) is 15.5. The van der Waals surface area contributed by atoms with Crippen LogP contribution in [0, 0.1) is 0 Å². The number of likely N-dealkylation sites (tertiary alicyclic amines) is 1. The molecular weight excluding hydrogens is 305 g/mol. The number of amides is 1. The number of hydrogen-bond donors (Lipinski definition) is 1. The largest absolute Gasteiger partial charge is 0.416 e. The lowest BCUT2D eigenvalue weighted by Gasteiger charge is -2.33. The maximum absolute atomic E-state index is 12.7. The Morgan fingerprint density at radius 2 is 2.19 bits per heavy atom. The number of nitrogens with one attached hydrogen (secondary N) is 1. The average Bonchev–Trinajstić information content (AvgIpc) is 2.46. The van der Waals surface area contributed by atoms with Crippen molar-refractivity contribution in [3.63, 3.8) is 0 Å². The lowest BCUT2D eigenvalue weighted by molar-refractivity contribution is -0.137. The Morgan fingerprint density at radius 3 is 2.86 bits per heavy atom. The Balaban J connectivity index is 2.03. The average molecular weight is 321 g/mol. The van der Waals surface area contributed by atoms with Crippen molar-refractivity contribution in [3.8, 4) is 0 Å². The molecule has 0 aliphatic carbocycles. The molecule has 1 atom stereocenters. The second-order valence-electron chi connectivity index (χ2n) is 5.04. The first-order valence-corrected chi connectivity index (χ1v) is 7.21. The third-order valence-electron chi connectivity index (χ3n) is 3.45. The number of anilines is 1. The van der Waals surface area contributed by atoms with Crippen LogP contribution in [0.1, 0.15) is 18.4 Å². The predicted molar refractivity (Wildman–Crippen MR) is 75.4 cm³/mol. The van der Waals surface area contributed by atoms with Crippen LogP contribution in [0.5, 0.6) is 0 Å². The van der Waals surface area contributed by atoms with Crippen molar-refractivity contribution in [3.05, 3.63) is 29.8 Å². The Bertz CT molecular complexity index is 507. The number of carbonyl (C=O) groups is 1. The van der Waals surface area contributed by atoms with Crippen molar-refractivity contribution in [2.24, 2.45) is 0 Å². The molecule has 116 valence electrons. The van der Waals surface area contributed by atoms with E-state index in [1.54, 1.807) is 11.0 Å². The van der Waals surface area contributed by atoms with Gasteiger partial charge in [0, 0.05) is 24.8 Å². The zero-order valence-corrected chi connectivity index (χ0v) is 12.0. The molecule has 1 aliphatic heterocycles. The molecule has 21 heavy (non-hydrogen) atoms. The first-order valence-electron chi connectivity index (χ1n) is 6.67. The normalized spacial score (nSPS) is 19.4. The summed E-state index contributed by atoms with van der Waals surface area (Å²) in [5.41, 5.74) is -0.271. The second kappa shape index (κ2) is 6.56. The van der Waals surface area contributed by atoms with Crippen LogP contribution in [-0.4, -0.2) is 35.8 Å². The summed E-state index contributed by atoms with van der Waals surface area (Å²) in [6.45, 7) is 1.11. The van der Waals surface area contributed by atoms with Gasteiger partial charge < -0.3 is 10.2 Å². The highest BCUT2D eigenvalue weighted by Crippen LogP contribution is 2.31. The van der Waals surface area contributed by atoms with Crippen LogP contribution in [0.3, 0.4) is 0 Å². The summed E-state index contributed by atoms with van der Waals surface area (Å²) in [4.78, 5) is 13.2. The second-order valence-corrected chi connectivity index (χ2v) is 5.30. The van der Waals surface area contributed by atoms with Crippen molar-refractivity contribution in [2.75, 3.05) is 24.3 Å². The monoisotopic (exact) mass is 320 g/mol. The fourth-order valence-corrected chi connectivity index (χ4v) is 2.60. The van der Waals surface area contributed by atoms with Crippen LogP contribution >= 0.6 is 11.6 Å². The van der Waals surface area contributed by atoms with E-state index < -0.39 is 11.7 Å². The zero-order valence-electron chi connectivity index (χ0n) is 11.3. The molecule has 0 bridgehead atoms. The van der Waals surface area contributed by atoms with E-state index in [-0.39, 0.29) is 17.8 Å². The minimum atomic E-state index is -4.36. The third-order valence-corrected chi connectivity index (χ3v) is 3.68. The highest BCUT2D eigenvalue weighted by Gasteiger charge is 2.30. The fourth-order valence-electron chi connectivity index (χ4n) is 2.43. The maximum atomic E-state index is 12.7. The molecule has 1 amide bonds. The number of nitrogens with zero attached hydrogens (tertiary/aromatic N) is 1. The number of halogens is 4. The van der Waals surface area contributed by atoms with Gasteiger partial charge in [0.2, 0.25) is 5.91 Å². The number of piperidine rings is 1. The molecule has 1 aromatic rings. The molecule has 7 heteroatoms. The first-order chi connectivity index (χ1) is 9.90. The van der Waals surface area contributed by atoms with Crippen molar-refractivity contribution in [1.29, 1.82) is 0 Å². The van der Waals surface area contributed by atoms with E-state index in [9.17, 15) is 18.0 Å². The minimum absolute atomic E-state index is 0.0607. The van der Waals surface area contributed by atoms with Crippen molar-refractivity contribution < 1.29 is 18.0 Å². The Kier molecular flexibility index (Phi) is 4.98. The summed E-state index contributed by atoms with van der Waals surface area (Å²) >= 11 is 5.53. The van der Waals surface area contributed by atoms with Gasteiger partial charge in [0.15, 0.2) is 0 Å². The van der Waals surface area contributed by atoms with Crippen LogP contribution in [-0.2, 0) is 11.0 Å². The smallest absolute Gasteiger partial charge is 0.381 e. The van der Waals surface area contributed by atoms with Crippen LogP contribution in [0.4, 0.5) is 18.9 Å². The molecule has 0 unspecified atom stereocenters. The number of rotatable bonds is 3. The van der Waals surface area contributed by atoms with Crippen molar-refractivity contribution in [2.45, 2.75) is 25.1 Å². The summed E-state index contributed by atoms with van der Waals surface area (Å²) < 4.78 is 38.0. The molecule has 0 radical (unpaired) electrons. The van der Waals surface area contributed by atoms with Gasteiger partial charge in [-0.25, -0.2) is 0 Å². The van der Waals surface area contributed by atoms with E-state index in [4.69, 9.17) is 11.6 Å². The Labute approximate surface area is 126 Å². The lowest BCUT2D eigenvalue weighted by atomic mass is 10.0. The molecular formula is C14H16ClF3N2O. The van der Waals surface area contributed by atoms with Gasteiger partial charge in [0.25, 0.3) is 0 Å². The third kappa shape index (κ3) is 4.27. The quantitative estimate of drug-likeness (QED) is 0.866. The van der Waals surface area contributed by atoms with Gasteiger partial charge >= 0.3 is 6.18 Å². The number of benzene rings is 1. The van der Waals surface area contributed by atoms with E-state index in [1.807, 2.05) is 0 Å². The van der Waals surface area contributed by atoms with E-state index in [0.717, 1.165) is 25.0 Å². The Morgan fingerprint density at radius 1 is 1.43 bits per heavy atom. The summed E-state index contributed by atoms with van der Waals surface area (Å²) in [6, 6.07) is 5.03. The summed E-state index contributed by atoms with van der Waals surface area (Å²) in [6.07, 6.45) is -2.74. The molecule has 1 fully saturated rings. The van der Waals surface area contributed by atoms with Crippen LogP contribution in [0.15, 0.2) is 24.3 Å². The molecule has 0 spiro atoms. The highest BCUT2D eigenvalue weighted by atomic mass is 35.5. The number of hydrogen-bond acceptors (Lipinski definition) is 2. The number of alkyl halides is 4. The SMILES string of the molecule is O=C(CCl)N1CCC[C@@H](Nc2cccc(C(F)(F)F)c2)C1. The maximum Gasteiger partial charge on any atom is 0.416 e. The molecule has 1 N–H and O–H groups in total. The van der Waals surface area contributed by atoms with E-state index in [1.165, 1.54) is 6.07 Å². The van der Waals surface area contributed by atoms with Gasteiger partial charge in [-0.1, -0.05) is 6.07 Å². The van der Waals surface area contributed by atoms with E-state index in [2.05, 4.69) is 5.32 Å². The molecule has 0 saturated carbocycles. The summed E-state index contributed by atoms with van der Waals surface area (Å²) in [7, 11) is 0. The van der Waals surface area contributed by atoms with Crippen LogP contribution in [0.25, 0.3) is 0 Å². The van der Waals surface area contributed by atoms with E-state index in [0.29, 0.717) is 18.8 Å². The van der Waals surface area contributed by atoms with Gasteiger partial charge in [0.05, 0.1) is 5.56 Å². The molecule has 3 nitrogen and oxygen atoms in total. The van der Waals surface area contributed by atoms with Gasteiger partial charge in [-0.05, 0) is 31.0 Å². The molecule has 1 saturated heterocycles. The van der Waals surface area contributed by atoms with Crippen LogP contribution < -0.4 is 5.32 Å². The minimum Gasteiger partial charge on any atom is -0.381 e. The van der Waals surface area contributed by atoms with Crippen molar-refractivity contribution in [1.82, 2.24) is 4.90 Å². The topological polar surface area (TPSA) is 32.3 Å². The van der Waals surface area contributed by atoms with Gasteiger partial charge in [-0.2, -0.15) is 13.2 Å². The van der Waals surface area contributed by atoms with Crippen molar-refractivity contribution >= 4 is 23.2 Å². The van der Waals surface area contributed by atoms with Gasteiger partial charge in [-0.3, -0.25) is 4.79 Å². The number of carbonyl (C=O) groups excluding carboxylic acids is 1. The molecule has 1 aromatic carbocycles. The standard InChI is InChI=1S/C14H16ClF3N2O/c15-8-13(21)20-6-2-5-12(9-20)19-11-4-1-3-10(7-11)14(16,17)18/h1,3-4,7,12,19H,2,5-6,8-9H2/t12-/m1/s1. The molecule has 1 aliphatic rings. The van der Waals surface area contributed by atoms with E-state index >= 15 is 0 Å². The molecule has 2 rings (SSSR count). The first kappa shape index (κ1) is 15.9. The fraction of sp³-hybridized carbons (Fsp3) is 0.500. The lowest BCUT2D eigenvalue weighted by Crippen LogP contribution is -2.45. The predicted octanol–water partition coefficient (Wildman–Crippen LogP) is 3.35. The summed E-state index contributed by atoms with van der Waals surface area (Å²) in [5.74, 6) is -0.219. The van der Waals surface area contributed by atoms with Gasteiger partial charge in [0.1, 0.15) is 5.88 Å².